The van der Waals surface area contributed by atoms with E-state index in [0.717, 1.165) is 5.56 Å². The number of terminal acetylenes is 1. The fourth-order valence-corrected chi connectivity index (χ4v) is 1.43. The van der Waals surface area contributed by atoms with Crippen molar-refractivity contribution in [2.45, 2.75) is 19.9 Å². The first-order valence-corrected chi connectivity index (χ1v) is 5.28. The van der Waals surface area contributed by atoms with Gasteiger partial charge in [0.15, 0.2) is 0 Å². The molecule has 0 spiro atoms. The maximum atomic E-state index is 13.1. The Labute approximate surface area is 100 Å². The maximum absolute atomic E-state index is 13.1. The zero-order valence-corrected chi connectivity index (χ0v) is 9.88. The number of aryl methyl sites for hydroxylation is 1. The molecule has 1 amide bonds. The molecule has 4 heteroatoms. The number of hydrogen-bond acceptors (Lipinski definition) is 2. The monoisotopic (exact) mass is 234 g/mol. The lowest BCUT2D eigenvalue weighted by molar-refractivity contribution is -0.121. The van der Waals surface area contributed by atoms with Gasteiger partial charge in [0.25, 0.3) is 0 Å². The Bertz CT molecular complexity index is 431. The molecule has 0 aliphatic rings. The van der Waals surface area contributed by atoms with Crippen molar-refractivity contribution in [2.24, 2.45) is 0 Å². The fraction of sp³-hybridized carbons (Fsp3) is 0.308. The van der Waals surface area contributed by atoms with Crippen LogP contribution in [0, 0.1) is 25.1 Å². The van der Waals surface area contributed by atoms with Crippen LogP contribution in [0.25, 0.3) is 0 Å². The van der Waals surface area contributed by atoms with Crippen molar-refractivity contribution in [1.29, 1.82) is 0 Å². The lowest BCUT2D eigenvalue weighted by atomic mass is 10.2. The molecule has 2 N–H and O–H groups in total. The number of carbonyl (C=O) groups is 1. The molecule has 1 aromatic rings. The number of rotatable bonds is 4. The summed E-state index contributed by atoms with van der Waals surface area (Å²) in [5.74, 6) is 1.77. The van der Waals surface area contributed by atoms with Crippen molar-refractivity contribution < 1.29 is 9.18 Å². The summed E-state index contributed by atoms with van der Waals surface area (Å²) in [5, 5.41) is 5.46. The highest BCUT2D eigenvalue weighted by Crippen LogP contribution is 2.14. The molecular formula is C13H15FN2O. The fourth-order valence-electron chi connectivity index (χ4n) is 1.43. The number of hydrogen-bond donors (Lipinski definition) is 2. The number of benzene rings is 1. The molecule has 3 nitrogen and oxygen atoms in total. The van der Waals surface area contributed by atoms with Crippen LogP contribution in [0.1, 0.15) is 12.5 Å². The van der Waals surface area contributed by atoms with Crippen LogP contribution in [0.5, 0.6) is 0 Å². The van der Waals surface area contributed by atoms with Gasteiger partial charge in [-0.2, -0.15) is 0 Å². The number of nitrogens with one attached hydrogen (secondary N) is 2. The molecular weight excluding hydrogens is 219 g/mol. The lowest BCUT2D eigenvalue weighted by Crippen LogP contribution is -2.37. The highest BCUT2D eigenvalue weighted by molar-refractivity contribution is 5.84. The van der Waals surface area contributed by atoms with Gasteiger partial charge in [0.05, 0.1) is 6.54 Å². The average Bonchev–Trinajstić information content (AvgIpc) is 2.24. The SMILES string of the molecule is C#CCNC(=O)C(C)Nc1cc(C)cc(F)c1. The van der Waals surface area contributed by atoms with Crippen LogP contribution in [0.4, 0.5) is 10.1 Å². The Kier molecular flexibility index (Phi) is 4.53. The molecule has 1 unspecified atom stereocenters. The number of amides is 1. The van der Waals surface area contributed by atoms with Crippen LogP contribution in [-0.2, 0) is 4.79 Å². The minimum atomic E-state index is -0.468. The number of carbonyl (C=O) groups excluding carboxylic acids is 1. The van der Waals surface area contributed by atoms with Gasteiger partial charge >= 0.3 is 0 Å². The predicted octanol–water partition coefficient (Wildman–Crippen LogP) is 1.68. The van der Waals surface area contributed by atoms with E-state index in [1.807, 2.05) is 0 Å². The van der Waals surface area contributed by atoms with E-state index in [0.29, 0.717) is 5.69 Å². The molecule has 0 fully saturated rings. The van der Waals surface area contributed by atoms with Gasteiger partial charge in [-0.15, -0.1) is 6.42 Å². The van der Waals surface area contributed by atoms with Crippen LogP contribution in [0.2, 0.25) is 0 Å². The zero-order chi connectivity index (χ0) is 12.8. The topological polar surface area (TPSA) is 41.1 Å². The van der Waals surface area contributed by atoms with Crippen LogP contribution >= 0.6 is 0 Å². The third-order valence-corrected chi connectivity index (χ3v) is 2.18. The van der Waals surface area contributed by atoms with Gasteiger partial charge in [0.1, 0.15) is 11.9 Å². The first kappa shape index (κ1) is 13.0. The van der Waals surface area contributed by atoms with E-state index in [9.17, 15) is 9.18 Å². The Balaban J connectivity index is 2.64. The standard InChI is InChI=1S/C13H15FN2O/c1-4-5-15-13(17)10(3)16-12-7-9(2)6-11(14)8-12/h1,6-8,10,16H,5H2,2-3H3,(H,15,17). The largest absolute Gasteiger partial charge is 0.374 e. The quantitative estimate of drug-likeness (QED) is 0.778. The number of halogens is 1. The van der Waals surface area contributed by atoms with E-state index in [2.05, 4.69) is 16.6 Å². The van der Waals surface area contributed by atoms with Crippen molar-refractivity contribution in [1.82, 2.24) is 5.32 Å². The first-order valence-electron chi connectivity index (χ1n) is 5.28. The van der Waals surface area contributed by atoms with Crippen LogP contribution < -0.4 is 10.6 Å². The van der Waals surface area contributed by atoms with Gasteiger partial charge in [0, 0.05) is 5.69 Å². The molecule has 1 atom stereocenters. The molecule has 1 aromatic carbocycles. The summed E-state index contributed by atoms with van der Waals surface area (Å²) in [6.07, 6.45) is 5.03. The summed E-state index contributed by atoms with van der Waals surface area (Å²) in [7, 11) is 0. The Morgan fingerprint density at radius 1 is 1.53 bits per heavy atom. The third kappa shape index (κ3) is 4.15. The maximum Gasteiger partial charge on any atom is 0.242 e. The molecule has 0 radical (unpaired) electrons. The van der Waals surface area contributed by atoms with Gasteiger partial charge in [0.2, 0.25) is 5.91 Å². The Morgan fingerprint density at radius 2 is 2.24 bits per heavy atom. The highest BCUT2D eigenvalue weighted by Gasteiger charge is 2.11. The second kappa shape index (κ2) is 5.90. The van der Waals surface area contributed by atoms with E-state index in [1.165, 1.54) is 12.1 Å². The summed E-state index contributed by atoms with van der Waals surface area (Å²) in [6.45, 7) is 3.66. The van der Waals surface area contributed by atoms with Gasteiger partial charge < -0.3 is 10.6 Å². The van der Waals surface area contributed by atoms with Crippen LogP contribution in [0.15, 0.2) is 18.2 Å². The summed E-state index contributed by atoms with van der Waals surface area (Å²) >= 11 is 0. The number of anilines is 1. The zero-order valence-electron chi connectivity index (χ0n) is 9.88. The van der Waals surface area contributed by atoms with E-state index >= 15 is 0 Å². The molecule has 0 saturated carbocycles. The van der Waals surface area contributed by atoms with Crippen molar-refractivity contribution in [2.75, 3.05) is 11.9 Å². The molecule has 0 aliphatic heterocycles. The molecule has 0 aliphatic carbocycles. The van der Waals surface area contributed by atoms with Crippen molar-refractivity contribution in [3.05, 3.63) is 29.6 Å². The summed E-state index contributed by atoms with van der Waals surface area (Å²) < 4.78 is 13.1. The van der Waals surface area contributed by atoms with Gasteiger partial charge in [-0.25, -0.2) is 4.39 Å². The van der Waals surface area contributed by atoms with E-state index in [1.54, 1.807) is 19.9 Å². The third-order valence-electron chi connectivity index (χ3n) is 2.18. The van der Waals surface area contributed by atoms with Crippen molar-refractivity contribution >= 4 is 11.6 Å². The van der Waals surface area contributed by atoms with E-state index in [-0.39, 0.29) is 18.3 Å². The van der Waals surface area contributed by atoms with Crippen LogP contribution in [-0.4, -0.2) is 18.5 Å². The second-order valence-electron chi connectivity index (χ2n) is 3.81. The summed E-state index contributed by atoms with van der Waals surface area (Å²) in [5.41, 5.74) is 1.37. The first-order chi connectivity index (χ1) is 8.02. The van der Waals surface area contributed by atoms with Gasteiger partial charge in [-0.1, -0.05) is 5.92 Å². The van der Waals surface area contributed by atoms with E-state index in [4.69, 9.17) is 6.42 Å². The van der Waals surface area contributed by atoms with Crippen LogP contribution in [0.3, 0.4) is 0 Å². The molecule has 0 heterocycles. The normalized spacial score (nSPS) is 11.4. The highest BCUT2D eigenvalue weighted by atomic mass is 19.1. The molecule has 0 bridgehead atoms. The molecule has 0 saturated heterocycles. The average molecular weight is 234 g/mol. The molecule has 90 valence electrons. The van der Waals surface area contributed by atoms with Crippen molar-refractivity contribution in [3.63, 3.8) is 0 Å². The minimum Gasteiger partial charge on any atom is -0.374 e. The minimum absolute atomic E-state index is 0.188. The predicted molar refractivity (Wildman–Crippen MR) is 66.1 cm³/mol. The molecule has 17 heavy (non-hydrogen) atoms. The Hall–Kier alpha value is -2.02. The summed E-state index contributed by atoms with van der Waals surface area (Å²) in [4.78, 5) is 11.5. The van der Waals surface area contributed by atoms with Gasteiger partial charge in [-0.05, 0) is 37.6 Å². The van der Waals surface area contributed by atoms with Gasteiger partial charge in [-0.3, -0.25) is 4.79 Å². The second-order valence-corrected chi connectivity index (χ2v) is 3.81. The molecule has 0 aromatic heterocycles. The smallest absolute Gasteiger partial charge is 0.242 e. The van der Waals surface area contributed by atoms with E-state index < -0.39 is 6.04 Å². The van der Waals surface area contributed by atoms with Crippen molar-refractivity contribution in [3.8, 4) is 12.3 Å². The lowest BCUT2D eigenvalue weighted by Gasteiger charge is -2.14. The Morgan fingerprint density at radius 3 is 2.82 bits per heavy atom. The molecule has 1 rings (SSSR count). The summed E-state index contributed by atoms with van der Waals surface area (Å²) in [6, 6.07) is 4.07.